The van der Waals surface area contributed by atoms with E-state index >= 15 is 0 Å². The lowest BCUT2D eigenvalue weighted by atomic mass is 10.1. The third-order valence-electron chi connectivity index (χ3n) is 4.76. The Labute approximate surface area is 144 Å². The van der Waals surface area contributed by atoms with Crippen LogP contribution in [-0.2, 0) is 5.54 Å². The predicted octanol–water partition coefficient (Wildman–Crippen LogP) is 4.03. The SMILES string of the molecule is Cc1csc([C@H](NC(=O)NC2(c3cccc(F)c3)CC2)C2CC2)n1. The summed E-state index contributed by atoms with van der Waals surface area (Å²) in [5.74, 6) is 0.209. The van der Waals surface area contributed by atoms with Gasteiger partial charge in [-0.1, -0.05) is 12.1 Å². The van der Waals surface area contributed by atoms with Crippen molar-refractivity contribution in [3.05, 3.63) is 51.7 Å². The van der Waals surface area contributed by atoms with Gasteiger partial charge in [-0.3, -0.25) is 0 Å². The van der Waals surface area contributed by atoms with Gasteiger partial charge in [0.15, 0.2) is 0 Å². The largest absolute Gasteiger partial charge is 0.329 e. The Morgan fingerprint density at radius 2 is 2.21 bits per heavy atom. The van der Waals surface area contributed by atoms with Gasteiger partial charge in [-0.15, -0.1) is 11.3 Å². The Morgan fingerprint density at radius 1 is 1.42 bits per heavy atom. The van der Waals surface area contributed by atoms with Crippen molar-refractivity contribution in [2.24, 2.45) is 5.92 Å². The quantitative estimate of drug-likeness (QED) is 0.859. The second-order valence-corrected chi connectivity index (χ2v) is 7.72. The highest BCUT2D eigenvalue weighted by Crippen LogP contribution is 2.46. The summed E-state index contributed by atoms with van der Waals surface area (Å²) < 4.78 is 13.5. The lowest BCUT2D eigenvalue weighted by Crippen LogP contribution is -2.44. The number of carbonyl (C=O) groups is 1. The minimum absolute atomic E-state index is 0.0213. The van der Waals surface area contributed by atoms with Gasteiger partial charge < -0.3 is 10.6 Å². The number of hydrogen-bond acceptors (Lipinski definition) is 3. The average Bonchev–Trinajstić information content (AvgIpc) is 3.46. The summed E-state index contributed by atoms with van der Waals surface area (Å²) in [6.45, 7) is 1.97. The zero-order valence-corrected chi connectivity index (χ0v) is 14.3. The molecule has 2 aromatic rings. The molecule has 0 saturated heterocycles. The Morgan fingerprint density at radius 3 is 2.79 bits per heavy atom. The van der Waals surface area contributed by atoms with E-state index in [1.54, 1.807) is 17.4 Å². The van der Waals surface area contributed by atoms with Crippen LogP contribution in [0.2, 0.25) is 0 Å². The first kappa shape index (κ1) is 15.6. The summed E-state index contributed by atoms with van der Waals surface area (Å²) in [7, 11) is 0. The molecule has 0 aliphatic heterocycles. The molecule has 1 atom stereocenters. The number of urea groups is 1. The van der Waals surface area contributed by atoms with Crippen molar-refractivity contribution in [1.82, 2.24) is 15.6 Å². The molecule has 0 unspecified atom stereocenters. The van der Waals surface area contributed by atoms with Crippen molar-refractivity contribution in [3.8, 4) is 0 Å². The van der Waals surface area contributed by atoms with Crippen molar-refractivity contribution in [2.45, 2.75) is 44.2 Å². The summed E-state index contributed by atoms with van der Waals surface area (Å²) in [4.78, 5) is 17.1. The molecule has 2 aliphatic rings. The number of amides is 2. The minimum Gasteiger partial charge on any atom is -0.329 e. The summed E-state index contributed by atoms with van der Waals surface area (Å²) in [5, 5.41) is 9.14. The number of rotatable bonds is 5. The first-order chi connectivity index (χ1) is 11.6. The van der Waals surface area contributed by atoms with Gasteiger partial charge in [0.05, 0.1) is 11.6 Å². The van der Waals surface area contributed by atoms with Gasteiger partial charge in [-0.25, -0.2) is 14.2 Å². The van der Waals surface area contributed by atoms with Crippen molar-refractivity contribution >= 4 is 17.4 Å². The zero-order chi connectivity index (χ0) is 16.7. The molecule has 2 saturated carbocycles. The van der Waals surface area contributed by atoms with Crippen LogP contribution in [0, 0.1) is 18.7 Å². The molecule has 24 heavy (non-hydrogen) atoms. The number of hydrogen-bond donors (Lipinski definition) is 2. The van der Waals surface area contributed by atoms with Gasteiger partial charge in [0.2, 0.25) is 0 Å². The van der Waals surface area contributed by atoms with Crippen LogP contribution in [0.15, 0.2) is 29.6 Å². The van der Waals surface area contributed by atoms with Crippen LogP contribution in [0.5, 0.6) is 0 Å². The number of halogens is 1. The predicted molar refractivity (Wildman–Crippen MR) is 91.3 cm³/mol. The number of nitrogens with zero attached hydrogens (tertiary/aromatic N) is 1. The van der Waals surface area contributed by atoms with Crippen LogP contribution < -0.4 is 10.6 Å². The fourth-order valence-electron chi connectivity index (χ4n) is 3.12. The van der Waals surface area contributed by atoms with E-state index in [0.29, 0.717) is 5.92 Å². The maximum atomic E-state index is 13.5. The van der Waals surface area contributed by atoms with Gasteiger partial charge in [-0.05, 0) is 56.2 Å². The molecule has 2 fully saturated rings. The number of nitrogens with one attached hydrogen (secondary N) is 2. The van der Waals surface area contributed by atoms with Crippen LogP contribution in [0.3, 0.4) is 0 Å². The summed E-state index contributed by atoms with van der Waals surface area (Å²) >= 11 is 1.60. The molecule has 2 N–H and O–H groups in total. The van der Waals surface area contributed by atoms with Crippen LogP contribution in [0.1, 0.15) is 48.0 Å². The van der Waals surface area contributed by atoms with Gasteiger partial charge in [0.1, 0.15) is 10.8 Å². The number of aryl methyl sites for hydroxylation is 1. The molecule has 6 heteroatoms. The van der Waals surface area contributed by atoms with E-state index in [2.05, 4.69) is 15.6 Å². The van der Waals surface area contributed by atoms with Gasteiger partial charge in [-0.2, -0.15) is 0 Å². The van der Waals surface area contributed by atoms with E-state index in [9.17, 15) is 9.18 Å². The van der Waals surface area contributed by atoms with Crippen LogP contribution in [-0.4, -0.2) is 11.0 Å². The van der Waals surface area contributed by atoms with Crippen LogP contribution >= 0.6 is 11.3 Å². The van der Waals surface area contributed by atoms with Gasteiger partial charge in [0.25, 0.3) is 0 Å². The molecule has 1 heterocycles. The molecule has 126 valence electrons. The smallest absolute Gasteiger partial charge is 0.316 e. The van der Waals surface area contributed by atoms with E-state index < -0.39 is 5.54 Å². The third kappa shape index (κ3) is 3.15. The maximum Gasteiger partial charge on any atom is 0.316 e. The lowest BCUT2D eigenvalue weighted by molar-refractivity contribution is 0.230. The molecule has 1 aromatic heterocycles. The minimum atomic E-state index is -0.418. The molecule has 0 radical (unpaired) electrons. The van der Waals surface area contributed by atoms with Gasteiger partial charge >= 0.3 is 6.03 Å². The van der Waals surface area contributed by atoms with E-state index in [1.807, 2.05) is 18.4 Å². The molecular formula is C18H20FN3OS. The fraction of sp³-hybridized carbons (Fsp3) is 0.444. The molecule has 0 spiro atoms. The van der Waals surface area contributed by atoms with E-state index in [4.69, 9.17) is 0 Å². The Hall–Kier alpha value is -1.95. The first-order valence-electron chi connectivity index (χ1n) is 8.32. The highest BCUT2D eigenvalue weighted by atomic mass is 32.1. The van der Waals surface area contributed by atoms with Crippen molar-refractivity contribution in [2.75, 3.05) is 0 Å². The summed E-state index contributed by atoms with van der Waals surface area (Å²) in [6.07, 6.45) is 3.93. The first-order valence-corrected chi connectivity index (χ1v) is 9.20. The van der Waals surface area contributed by atoms with E-state index in [-0.39, 0.29) is 17.9 Å². The number of benzene rings is 1. The molecule has 2 amide bonds. The summed E-state index contributed by atoms with van der Waals surface area (Å²) in [5.41, 5.74) is 1.41. The fourth-order valence-corrected chi connectivity index (χ4v) is 4.06. The monoisotopic (exact) mass is 345 g/mol. The molecule has 2 aliphatic carbocycles. The highest BCUT2D eigenvalue weighted by molar-refractivity contribution is 7.09. The Kier molecular flexibility index (Phi) is 3.79. The molecule has 4 nitrogen and oxygen atoms in total. The maximum absolute atomic E-state index is 13.5. The van der Waals surface area contributed by atoms with Crippen LogP contribution in [0.4, 0.5) is 9.18 Å². The number of aromatic nitrogens is 1. The molecule has 1 aromatic carbocycles. The molecular weight excluding hydrogens is 325 g/mol. The standard InChI is InChI=1S/C18H20FN3OS/c1-11-10-24-16(20-11)15(12-5-6-12)21-17(23)22-18(7-8-18)13-3-2-4-14(19)9-13/h2-4,9-10,12,15H,5-8H2,1H3,(H2,21,22,23)/t15-/m1/s1. The number of thiazole rings is 1. The normalized spacial score (nSPS) is 19.6. The zero-order valence-electron chi connectivity index (χ0n) is 13.5. The highest BCUT2D eigenvalue weighted by Gasteiger charge is 2.46. The second kappa shape index (κ2) is 5.84. The average molecular weight is 345 g/mol. The van der Waals surface area contributed by atoms with Crippen LogP contribution in [0.25, 0.3) is 0 Å². The Balaban J connectivity index is 1.46. The Bertz CT molecular complexity index is 767. The molecule has 4 rings (SSSR count). The van der Waals surface area contributed by atoms with E-state index in [1.165, 1.54) is 12.1 Å². The number of carbonyl (C=O) groups excluding carboxylic acids is 1. The third-order valence-corrected chi connectivity index (χ3v) is 5.81. The van der Waals surface area contributed by atoms with Crippen molar-refractivity contribution < 1.29 is 9.18 Å². The van der Waals surface area contributed by atoms with Crippen molar-refractivity contribution in [1.29, 1.82) is 0 Å². The van der Waals surface area contributed by atoms with E-state index in [0.717, 1.165) is 41.9 Å². The lowest BCUT2D eigenvalue weighted by Gasteiger charge is -2.22. The van der Waals surface area contributed by atoms with Gasteiger partial charge in [0, 0.05) is 11.1 Å². The summed E-state index contributed by atoms with van der Waals surface area (Å²) in [6, 6.07) is 6.28. The second-order valence-electron chi connectivity index (χ2n) is 6.83. The topological polar surface area (TPSA) is 54.0 Å². The molecule has 0 bridgehead atoms. The van der Waals surface area contributed by atoms with Crippen molar-refractivity contribution in [3.63, 3.8) is 0 Å².